The minimum atomic E-state index is -0.557. The van der Waals surface area contributed by atoms with Gasteiger partial charge in [0.15, 0.2) is 0 Å². The number of ether oxygens (including phenoxy) is 2. The third-order valence-corrected chi connectivity index (χ3v) is 2.34. The Morgan fingerprint density at radius 1 is 1.00 bits per heavy atom. The molecule has 0 radical (unpaired) electrons. The highest BCUT2D eigenvalue weighted by atomic mass is 16.6. The van der Waals surface area contributed by atoms with Crippen LogP contribution < -0.4 is 5.32 Å². The van der Waals surface area contributed by atoms with Gasteiger partial charge in [-0.2, -0.15) is 0 Å². The van der Waals surface area contributed by atoms with Crippen LogP contribution in [0.4, 0.5) is 10.5 Å². The number of nitrogens with one attached hydrogen (secondary N) is 1. The molecule has 1 rings (SSSR count). The van der Waals surface area contributed by atoms with Gasteiger partial charge in [-0.05, 0) is 59.2 Å². The number of benzene rings is 1. The van der Waals surface area contributed by atoms with E-state index in [1.165, 1.54) is 0 Å². The fourth-order valence-electron chi connectivity index (χ4n) is 1.72. The molecule has 0 saturated heterocycles. The number of rotatable bonds is 3. The van der Waals surface area contributed by atoms with Gasteiger partial charge in [-0.25, -0.2) is 4.79 Å². The van der Waals surface area contributed by atoms with Gasteiger partial charge >= 0.3 is 12.1 Å². The molecule has 22 heavy (non-hydrogen) atoms. The standard InChI is InChI=1S/C17H25NO4/c1-16(2,3)21-14(19)11-12-8-7-9-13(10-12)18-15(20)22-17(4,5)6/h7-10H,11H2,1-6H3,(H,18,20). The maximum Gasteiger partial charge on any atom is 0.412 e. The number of carbonyl (C=O) groups excluding carboxylic acids is 2. The van der Waals surface area contributed by atoms with Gasteiger partial charge < -0.3 is 9.47 Å². The Morgan fingerprint density at radius 2 is 1.59 bits per heavy atom. The molecule has 0 unspecified atom stereocenters. The first-order valence-electron chi connectivity index (χ1n) is 7.25. The van der Waals surface area contributed by atoms with E-state index in [1.807, 2.05) is 26.8 Å². The third kappa shape index (κ3) is 7.67. The van der Waals surface area contributed by atoms with E-state index in [2.05, 4.69) is 5.32 Å². The quantitative estimate of drug-likeness (QED) is 0.860. The summed E-state index contributed by atoms with van der Waals surface area (Å²) in [7, 11) is 0. The molecular formula is C17H25NO4. The van der Waals surface area contributed by atoms with Gasteiger partial charge in [-0.1, -0.05) is 12.1 Å². The fourth-order valence-corrected chi connectivity index (χ4v) is 1.72. The normalized spacial score (nSPS) is 11.7. The summed E-state index contributed by atoms with van der Waals surface area (Å²) in [6, 6.07) is 7.05. The summed E-state index contributed by atoms with van der Waals surface area (Å²) in [4.78, 5) is 23.5. The number of anilines is 1. The first kappa shape index (κ1) is 18.0. The van der Waals surface area contributed by atoms with Crippen LogP contribution in [0.3, 0.4) is 0 Å². The lowest BCUT2D eigenvalue weighted by Gasteiger charge is -2.20. The molecule has 5 heteroatoms. The topological polar surface area (TPSA) is 64.6 Å². The number of carbonyl (C=O) groups is 2. The zero-order valence-corrected chi connectivity index (χ0v) is 14.1. The highest BCUT2D eigenvalue weighted by molar-refractivity contribution is 5.85. The van der Waals surface area contributed by atoms with Crippen molar-refractivity contribution in [3.63, 3.8) is 0 Å². The average Bonchev–Trinajstić information content (AvgIpc) is 2.22. The molecular weight excluding hydrogens is 282 g/mol. The van der Waals surface area contributed by atoms with E-state index in [1.54, 1.807) is 39.0 Å². The Morgan fingerprint density at radius 3 is 2.14 bits per heavy atom. The van der Waals surface area contributed by atoms with Crippen molar-refractivity contribution in [2.24, 2.45) is 0 Å². The van der Waals surface area contributed by atoms with Crippen LogP contribution in [0.25, 0.3) is 0 Å². The van der Waals surface area contributed by atoms with Crippen molar-refractivity contribution in [1.29, 1.82) is 0 Å². The summed E-state index contributed by atoms with van der Waals surface area (Å²) in [5, 5.41) is 2.65. The molecule has 0 fully saturated rings. The van der Waals surface area contributed by atoms with Gasteiger partial charge in [0.2, 0.25) is 0 Å². The van der Waals surface area contributed by atoms with Crippen molar-refractivity contribution in [3.05, 3.63) is 29.8 Å². The summed E-state index contributed by atoms with van der Waals surface area (Å²) in [6.45, 7) is 10.9. The molecule has 1 amide bonds. The van der Waals surface area contributed by atoms with Gasteiger partial charge in [0, 0.05) is 5.69 Å². The van der Waals surface area contributed by atoms with E-state index in [4.69, 9.17) is 9.47 Å². The Hall–Kier alpha value is -2.04. The minimum Gasteiger partial charge on any atom is -0.460 e. The van der Waals surface area contributed by atoms with E-state index < -0.39 is 17.3 Å². The Bertz CT molecular complexity index is 493. The van der Waals surface area contributed by atoms with Crippen molar-refractivity contribution >= 4 is 17.7 Å². The predicted octanol–water partition coefficient (Wildman–Crippen LogP) is 3.92. The minimum absolute atomic E-state index is 0.154. The average molecular weight is 307 g/mol. The van der Waals surface area contributed by atoms with Gasteiger partial charge in [0.1, 0.15) is 11.2 Å². The maximum atomic E-state index is 11.8. The van der Waals surface area contributed by atoms with Crippen LogP contribution in [0, 0.1) is 0 Å². The van der Waals surface area contributed by atoms with Gasteiger partial charge in [0.25, 0.3) is 0 Å². The zero-order chi connectivity index (χ0) is 17.0. The fraction of sp³-hybridized carbons (Fsp3) is 0.529. The molecule has 0 spiro atoms. The van der Waals surface area contributed by atoms with Crippen molar-refractivity contribution < 1.29 is 19.1 Å². The Labute approximate surface area is 132 Å². The lowest BCUT2D eigenvalue weighted by atomic mass is 10.1. The van der Waals surface area contributed by atoms with E-state index in [0.29, 0.717) is 5.69 Å². The van der Waals surface area contributed by atoms with Crippen LogP contribution in [0.15, 0.2) is 24.3 Å². The molecule has 0 aromatic heterocycles. The second kappa shape index (κ2) is 6.81. The van der Waals surface area contributed by atoms with Crippen LogP contribution in [0.1, 0.15) is 47.1 Å². The van der Waals surface area contributed by atoms with Crippen LogP contribution in [-0.2, 0) is 20.7 Å². The molecule has 0 aliphatic rings. The molecule has 1 aromatic carbocycles. The third-order valence-electron chi connectivity index (χ3n) is 2.34. The monoisotopic (exact) mass is 307 g/mol. The summed E-state index contributed by atoms with van der Waals surface area (Å²) in [5.41, 5.74) is 0.278. The first-order valence-corrected chi connectivity index (χ1v) is 7.25. The Kier molecular flexibility index (Phi) is 5.58. The first-order chi connectivity index (χ1) is 9.94. The second-order valence-electron chi connectivity index (χ2n) is 7.09. The zero-order valence-electron chi connectivity index (χ0n) is 14.1. The molecule has 122 valence electrons. The van der Waals surface area contributed by atoms with Crippen molar-refractivity contribution in [2.45, 2.75) is 59.2 Å². The molecule has 0 aliphatic heterocycles. The highest BCUT2D eigenvalue weighted by Gasteiger charge is 2.18. The molecule has 0 bridgehead atoms. The van der Waals surface area contributed by atoms with Gasteiger partial charge in [-0.15, -0.1) is 0 Å². The van der Waals surface area contributed by atoms with Gasteiger partial charge in [-0.3, -0.25) is 10.1 Å². The summed E-state index contributed by atoms with van der Waals surface area (Å²) >= 11 is 0. The molecule has 0 saturated carbocycles. The summed E-state index contributed by atoms with van der Waals surface area (Å²) < 4.78 is 10.5. The van der Waals surface area contributed by atoms with Crippen molar-refractivity contribution in [2.75, 3.05) is 5.32 Å². The second-order valence-corrected chi connectivity index (χ2v) is 7.09. The van der Waals surface area contributed by atoms with Crippen LogP contribution in [0.5, 0.6) is 0 Å². The molecule has 0 heterocycles. The summed E-state index contributed by atoms with van der Waals surface area (Å²) in [5.74, 6) is -0.304. The van der Waals surface area contributed by atoms with Crippen LogP contribution >= 0.6 is 0 Å². The van der Waals surface area contributed by atoms with Gasteiger partial charge in [0.05, 0.1) is 6.42 Å². The largest absolute Gasteiger partial charge is 0.460 e. The molecule has 0 atom stereocenters. The smallest absolute Gasteiger partial charge is 0.412 e. The predicted molar refractivity (Wildman–Crippen MR) is 85.8 cm³/mol. The molecule has 1 N–H and O–H groups in total. The Balaban J connectivity index is 2.66. The van der Waals surface area contributed by atoms with Crippen LogP contribution in [-0.4, -0.2) is 23.3 Å². The number of amides is 1. The number of hydrogen-bond donors (Lipinski definition) is 1. The number of esters is 1. The number of hydrogen-bond acceptors (Lipinski definition) is 4. The SMILES string of the molecule is CC(C)(C)OC(=O)Cc1cccc(NC(=O)OC(C)(C)C)c1. The van der Waals surface area contributed by atoms with E-state index in [0.717, 1.165) is 5.56 Å². The van der Waals surface area contributed by atoms with E-state index in [9.17, 15) is 9.59 Å². The highest BCUT2D eigenvalue weighted by Crippen LogP contribution is 2.15. The molecule has 5 nitrogen and oxygen atoms in total. The van der Waals surface area contributed by atoms with Crippen molar-refractivity contribution in [3.8, 4) is 0 Å². The van der Waals surface area contributed by atoms with Crippen LogP contribution in [0.2, 0.25) is 0 Å². The van der Waals surface area contributed by atoms with E-state index in [-0.39, 0.29) is 12.4 Å². The lowest BCUT2D eigenvalue weighted by molar-refractivity contribution is -0.153. The maximum absolute atomic E-state index is 11.8. The van der Waals surface area contributed by atoms with E-state index >= 15 is 0 Å². The van der Waals surface area contributed by atoms with Crippen molar-refractivity contribution in [1.82, 2.24) is 0 Å². The lowest BCUT2D eigenvalue weighted by Crippen LogP contribution is -2.27. The molecule has 1 aromatic rings. The summed E-state index contributed by atoms with van der Waals surface area (Å²) in [6.07, 6.45) is -0.372. The molecule has 0 aliphatic carbocycles.